The molecule has 3 unspecified atom stereocenters. The summed E-state index contributed by atoms with van der Waals surface area (Å²) in [6, 6.07) is 49.2. The molecule has 0 saturated heterocycles. The van der Waals surface area contributed by atoms with Crippen molar-refractivity contribution in [3.8, 4) is 0 Å². The van der Waals surface area contributed by atoms with E-state index in [0.717, 1.165) is 27.8 Å². The van der Waals surface area contributed by atoms with E-state index in [4.69, 9.17) is 47.3 Å². The van der Waals surface area contributed by atoms with Crippen LogP contribution in [0.25, 0.3) is 0 Å². The van der Waals surface area contributed by atoms with Gasteiger partial charge < -0.3 is 52.4 Å². The molecular weight excluding hydrogens is 806 g/mol. The standard InChI is InChI=1S/C49H54BO11P/c1-50(62)61-43-40(33-53-28-35-18-8-3-9-19-35)58-48(52-2)45(42(43)51)60-49-47(57-32-39-26-16-7-17-27-39)46(56-31-38-24-14-6-15-25-38)44(55-30-37-22-12-5-13-23-37)41(59-49)34-54-29-36-20-10-4-11-21-36/h3-27,40-41,43-44,48-49,51H,28-34,62H2,1-2H3/t40?,41?,43-,44-,48+,49-/m0/s1. The third-order valence-electron chi connectivity index (χ3n) is 10.1. The van der Waals surface area contributed by atoms with E-state index in [0.29, 0.717) is 19.0 Å². The van der Waals surface area contributed by atoms with Crippen LogP contribution in [0.5, 0.6) is 0 Å². The van der Waals surface area contributed by atoms with Crippen LogP contribution in [0.15, 0.2) is 175 Å². The van der Waals surface area contributed by atoms with Crippen molar-refractivity contribution in [1.29, 1.82) is 0 Å². The van der Waals surface area contributed by atoms with Gasteiger partial charge in [0, 0.05) is 7.11 Å². The Labute approximate surface area is 366 Å². The van der Waals surface area contributed by atoms with Crippen LogP contribution < -0.4 is 0 Å². The molecule has 0 amide bonds. The number of ether oxygens (including phenoxy) is 9. The summed E-state index contributed by atoms with van der Waals surface area (Å²) < 4.78 is 64.7. The molecule has 1 N–H and O–H groups in total. The van der Waals surface area contributed by atoms with Crippen LogP contribution in [0.2, 0.25) is 6.82 Å². The normalized spacial score (nSPS) is 21.4. The van der Waals surface area contributed by atoms with Crippen molar-refractivity contribution in [2.45, 2.75) is 76.9 Å². The molecule has 324 valence electrons. The van der Waals surface area contributed by atoms with E-state index in [-0.39, 0.29) is 56.9 Å². The summed E-state index contributed by atoms with van der Waals surface area (Å²) in [7, 11) is 4.06. The highest BCUT2D eigenvalue weighted by molar-refractivity contribution is 7.60. The Balaban J connectivity index is 1.26. The lowest BCUT2D eigenvalue weighted by Crippen LogP contribution is -2.50. The Bertz CT molecular complexity index is 2130. The molecule has 7 atom stereocenters. The monoisotopic (exact) mass is 860 g/mol. The van der Waals surface area contributed by atoms with Gasteiger partial charge >= 0.3 is 6.64 Å². The van der Waals surface area contributed by atoms with Crippen LogP contribution in [0.1, 0.15) is 27.8 Å². The first-order chi connectivity index (χ1) is 30.4. The molecule has 7 rings (SSSR count). The van der Waals surface area contributed by atoms with Gasteiger partial charge in [-0.3, -0.25) is 0 Å². The molecule has 0 aromatic heterocycles. The first-order valence-corrected chi connectivity index (χ1v) is 21.4. The molecule has 5 aromatic carbocycles. The van der Waals surface area contributed by atoms with Gasteiger partial charge in [-0.1, -0.05) is 158 Å². The summed E-state index contributed by atoms with van der Waals surface area (Å²) in [5.41, 5.74) is 4.77. The fourth-order valence-electron chi connectivity index (χ4n) is 7.00. The van der Waals surface area contributed by atoms with Gasteiger partial charge in [0.15, 0.2) is 17.3 Å². The fourth-order valence-corrected chi connectivity index (χ4v) is 7.17. The molecule has 11 nitrogen and oxygen atoms in total. The van der Waals surface area contributed by atoms with Crippen molar-refractivity contribution in [2.24, 2.45) is 0 Å². The van der Waals surface area contributed by atoms with Crippen molar-refractivity contribution in [1.82, 2.24) is 0 Å². The summed E-state index contributed by atoms with van der Waals surface area (Å²) >= 11 is 0. The Hall–Kier alpha value is -5.01. The number of aliphatic hydroxyl groups excluding tert-OH is 1. The molecular formula is C49H54BO11P. The third kappa shape index (κ3) is 12.8. The van der Waals surface area contributed by atoms with Crippen LogP contribution in [-0.2, 0) is 80.3 Å². The number of hydrogen-bond donors (Lipinski definition) is 1. The SMILES string of the molecule is CO[C@@H]1OC(COCc2ccccc2)[C@H](OB(C)P)C(O)=C1O[C@@H]1OC(COCc2ccccc2)[C@H](OCc2ccccc2)C(OCc2ccccc2)=C1OCc1ccccc1. The van der Waals surface area contributed by atoms with E-state index in [1.807, 2.05) is 158 Å². The van der Waals surface area contributed by atoms with Gasteiger partial charge in [-0.15, -0.1) is 9.12 Å². The lowest BCUT2D eigenvalue weighted by molar-refractivity contribution is -0.253. The van der Waals surface area contributed by atoms with Crippen LogP contribution >= 0.6 is 9.12 Å². The van der Waals surface area contributed by atoms with Gasteiger partial charge in [0.2, 0.25) is 12.0 Å². The molecule has 5 aromatic rings. The highest BCUT2D eigenvalue weighted by Crippen LogP contribution is 2.38. The first kappa shape index (κ1) is 45.0. The molecule has 0 spiro atoms. The molecule has 2 aliphatic rings. The van der Waals surface area contributed by atoms with E-state index >= 15 is 0 Å². The van der Waals surface area contributed by atoms with Crippen LogP contribution in [-0.4, -0.2) is 69.1 Å². The number of rotatable bonds is 22. The second kappa shape index (κ2) is 23.4. The Morgan fingerprint density at radius 2 is 0.919 bits per heavy atom. The number of aliphatic hydroxyl groups is 1. The lowest BCUT2D eigenvalue weighted by atomic mass is 10.0. The van der Waals surface area contributed by atoms with E-state index in [1.165, 1.54) is 7.11 Å². The maximum Gasteiger partial charge on any atom is 0.312 e. The second-order valence-corrected chi connectivity index (χ2v) is 15.8. The third-order valence-corrected chi connectivity index (χ3v) is 10.2. The highest BCUT2D eigenvalue weighted by atomic mass is 31.0. The van der Waals surface area contributed by atoms with Crippen molar-refractivity contribution in [3.05, 3.63) is 203 Å². The molecule has 2 aliphatic heterocycles. The minimum absolute atomic E-state index is 0.0525. The van der Waals surface area contributed by atoms with Gasteiger partial charge in [-0.2, -0.15) is 0 Å². The zero-order chi connectivity index (χ0) is 42.9. The summed E-state index contributed by atoms with van der Waals surface area (Å²) in [4.78, 5) is 0. The quantitative estimate of drug-likeness (QED) is 0.0532. The van der Waals surface area contributed by atoms with E-state index < -0.39 is 37.0 Å². The minimum atomic E-state index is -1.30. The van der Waals surface area contributed by atoms with Gasteiger partial charge in [-0.25, -0.2) is 0 Å². The Kier molecular flexibility index (Phi) is 17.0. The predicted molar refractivity (Wildman–Crippen MR) is 238 cm³/mol. The minimum Gasteiger partial charge on any atom is -0.506 e. The maximum atomic E-state index is 12.1. The summed E-state index contributed by atoms with van der Waals surface area (Å²) in [5.74, 6) is 0.281. The molecule has 0 aliphatic carbocycles. The van der Waals surface area contributed by atoms with Crippen molar-refractivity contribution in [2.75, 3.05) is 20.3 Å². The number of benzene rings is 5. The maximum absolute atomic E-state index is 12.1. The molecule has 2 heterocycles. The second-order valence-electron chi connectivity index (χ2n) is 14.9. The zero-order valence-corrected chi connectivity index (χ0v) is 36.2. The summed E-state index contributed by atoms with van der Waals surface area (Å²) in [5, 5.41) is 12.1. The van der Waals surface area contributed by atoms with E-state index in [9.17, 15) is 5.11 Å². The van der Waals surface area contributed by atoms with Gasteiger partial charge in [0.25, 0.3) is 6.29 Å². The topological polar surface area (TPSA) is 113 Å². The van der Waals surface area contributed by atoms with Gasteiger partial charge in [-0.05, 0) is 27.8 Å². The van der Waals surface area contributed by atoms with Gasteiger partial charge in [0.05, 0.1) is 33.0 Å². The molecule has 0 radical (unpaired) electrons. The molecule has 0 bridgehead atoms. The average Bonchev–Trinajstić information content (AvgIpc) is 3.31. The van der Waals surface area contributed by atoms with Crippen molar-refractivity contribution >= 4 is 15.8 Å². The van der Waals surface area contributed by atoms with Crippen molar-refractivity contribution in [3.63, 3.8) is 0 Å². The van der Waals surface area contributed by atoms with E-state index in [2.05, 4.69) is 9.12 Å². The Morgan fingerprint density at radius 1 is 0.516 bits per heavy atom. The zero-order valence-electron chi connectivity index (χ0n) is 35.0. The van der Waals surface area contributed by atoms with E-state index in [1.54, 1.807) is 0 Å². The Morgan fingerprint density at radius 3 is 1.37 bits per heavy atom. The molecule has 62 heavy (non-hydrogen) atoms. The smallest absolute Gasteiger partial charge is 0.312 e. The van der Waals surface area contributed by atoms with Crippen LogP contribution in [0, 0.1) is 0 Å². The molecule has 13 heteroatoms. The molecule has 0 saturated carbocycles. The summed E-state index contributed by atoms with van der Waals surface area (Å²) in [6.07, 6.45) is -5.81. The first-order valence-electron chi connectivity index (χ1n) is 20.8. The molecule has 0 fully saturated rings. The number of methoxy groups -OCH3 is 1. The average molecular weight is 861 g/mol. The van der Waals surface area contributed by atoms with Crippen LogP contribution in [0.3, 0.4) is 0 Å². The largest absolute Gasteiger partial charge is 0.506 e. The number of hydrogen-bond acceptors (Lipinski definition) is 11. The summed E-state index contributed by atoms with van der Waals surface area (Å²) in [6.45, 7) is 2.89. The fraction of sp³-hybridized carbons (Fsp3) is 0.306. The predicted octanol–water partition coefficient (Wildman–Crippen LogP) is 8.91. The van der Waals surface area contributed by atoms with Crippen molar-refractivity contribution < 1.29 is 52.4 Å². The van der Waals surface area contributed by atoms with Crippen LogP contribution in [0.4, 0.5) is 0 Å². The highest BCUT2D eigenvalue weighted by Gasteiger charge is 2.47. The lowest BCUT2D eigenvalue weighted by Gasteiger charge is -2.41. The van der Waals surface area contributed by atoms with Gasteiger partial charge in [0.1, 0.15) is 37.6 Å².